The topological polar surface area (TPSA) is 0 Å². The summed E-state index contributed by atoms with van der Waals surface area (Å²) in [5.41, 5.74) is 7.48. The smallest absolute Gasteiger partial charge is 0.0332 e. The molecule has 0 saturated heterocycles. The molecule has 0 aromatic heterocycles. The molecule has 0 amide bonds. The van der Waals surface area contributed by atoms with Crippen molar-refractivity contribution in [2.24, 2.45) is 0 Å². The quantitative estimate of drug-likeness (QED) is 0.259. The molecule has 0 aliphatic heterocycles. The number of halogens is 3. The zero-order valence-electron chi connectivity index (χ0n) is 12.0. The Bertz CT molecular complexity index is 887. The van der Waals surface area contributed by atoms with Gasteiger partial charge < -0.3 is 0 Å². The number of rotatable bonds is 1. The molecule has 0 saturated carbocycles. The summed E-state index contributed by atoms with van der Waals surface area (Å²) >= 11 is 11.1. The highest BCUT2D eigenvalue weighted by Crippen LogP contribution is 2.50. The fourth-order valence-corrected chi connectivity index (χ4v) is 4.44. The lowest BCUT2D eigenvalue weighted by Crippen LogP contribution is -1.86. The molecule has 0 spiro atoms. The third-order valence-electron chi connectivity index (χ3n) is 4.04. The molecule has 0 radical (unpaired) electrons. The van der Waals surface area contributed by atoms with E-state index in [0.717, 1.165) is 13.4 Å². The van der Waals surface area contributed by atoms with Crippen LogP contribution in [0.3, 0.4) is 0 Å². The van der Waals surface area contributed by atoms with Gasteiger partial charge >= 0.3 is 0 Å². The summed E-state index contributed by atoms with van der Waals surface area (Å²) in [5.74, 6) is 0. The standard InChI is InChI=1S/C20H11Br3/c21-13-6-8-15-16-9-7-14(22)11-18(16)19(17(15)10-13)20(23)12-4-2-1-3-5-12/h1-11H. The van der Waals surface area contributed by atoms with Gasteiger partial charge in [-0.05, 0) is 68.0 Å². The summed E-state index contributed by atoms with van der Waals surface area (Å²) in [6, 6.07) is 23.4. The molecule has 112 valence electrons. The van der Waals surface area contributed by atoms with Gasteiger partial charge in [0, 0.05) is 19.0 Å². The van der Waals surface area contributed by atoms with Gasteiger partial charge in [0.05, 0.1) is 0 Å². The minimum Gasteiger partial charge on any atom is -0.0622 e. The van der Waals surface area contributed by atoms with Crippen molar-refractivity contribution >= 4 is 57.8 Å². The van der Waals surface area contributed by atoms with Crippen LogP contribution in [0.15, 0.2) is 75.7 Å². The summed E-state index contributed by atoms with van der Waals surface area (Å²) in [7, 11) is 0. The molecule has 0 unspecified atom stereocenters. The van der Waals surface area contributed by atoms with Crippen LogP contribution >= 0.6 is 47.8 Å². The molecule has 0 heterocycles. The Hall–Kier alpha value is -1.16. The van der Waals surface area contributed by atoms with Gasteiger partial charge in [0.15, 0.2) is 0 Å². The first kappa shape index (κ1) is 15.4. The Balaban J connectivity index is 2.07. The van der Waals surface area contributed by atoms with Crippen molar-refractivity contribution in [1.29, 1.82) is 0 Å². The van der Waals surface area contributed by atoms with Crippen molar-refractivity contribution in [3.8, 4) is 11.1 Å². The average molecular weight is 491 g/mol. The number of hydrogen-bond acceptors (Lipinski definition) is 0. The maximum absolute atomic E-state index is 3.85. The Morgan fingerprint density at radius 1 is 0.609 bits per heavy atom. The maximum atomic E-state index is 3.85. The molecule has 0 bridgehead atoms. The van der Waals surface area contributed by atoms with E-state index in [4.69, 9.17) is 0 Å². The van der Waals surface area contributed by atoms with E-state index in [1.54, 1.807) is 0 Å². The third-order valence-corrected chi connectivity index (χ3v) is 5.88. The molecule has 1 aliphatic carbocycles. The first-order chi connectivity index (χ1) is 11.1. The molecule has 3 aromatic carbocycles. The van der Waals surface area contributed by atoms with E-state index in [1.165, 1.54) is 33.4 Å². The lowest BCUT2D eigenvalue weighted by molar-refractivity contribution is 1.60. The Kier molecular flexibility index (Phi) is 4.04. The van der Waals surface area contributed by atoms with E-state index in [9.17, 15) is 0 Å². The van der Waals surface area contributed by atoms with Crippen molar-refractivity contribution in [2.45, 2.75) is 0 Å². The van der Waals surface area contributed by atoms with E-state index < -0.39 is 0 Å². The van der Waals surface area contributed by atoms with Crippen molar-refractivity contribution < 1.29 is 0 Å². The summed E-state index contributed by atoms with van der Waals surface area (Å²) in [5, 5.41) is 0. The molecule has 3 aromatic rings. The van der Waals surface area contributed by atoms with E-state index >= 15 is 0 Å². The first-order valence-corrected chi connectivity index (χ1v) is 9.58. The predicted octanol–water partition coefficient (Wildman–Crippen LogP) is 7.50. The highest BCUT2D eigenvalue weighted by Gasteiger charge is 2.26. The normalized spacial score (nSPS) is 12.0. The van der Waals surface area contributed by atoms with Crippen LogP contribution in [0.2, 0.25) is 0 Å². The van der Waals surface area contributed by atoms with Gasteiger partial charge in [0.1, 0.15) is 0 Å². The maximum Gasteiger partial charge on any atom is 0.0332 e. The van der Waals surface area contributed by atoms with Crippen LogP contribution in [0.5, 0.6) is 0 Å². The van der Waals surface area contributed by atoms with E-state index in [0.29, 0.717) is 0 Å². The van der Waals surface area contributed by atoms with Crippen LogP contribution in [0.4, 0.5) is 0 Å². The molecule has 3 heteroatoms. The Morgan fingerprint density at radius 3 is 1.65 bits per heavy atom. The second-order valence-corrected chi connectivity index (χ2v) is 8.06. The van der Waals surface area contributed by atoms with Gasteiger partial charge in [-0.15, -0.1) is 0 Å². The molecule has 4 rings (SSSR count). The van der Waals surface area contributed by atoms with Crippen LogP contribution in [-0.4, -0.2) is 0 Å². The predicted molar refractivity (Wildman–Crippen MR) is 109 cm³/mol. The zero-order chi connectivity index (χ0) is 16.0. The van der Waals surface area contributed by atoms with Gasteiger partial charge in [-0.25, -0.2) is 0 Å². The molecular weight excluding hydrogens is 480 g/mol. The molecule has 0 N–H and O–H groups in total. The minimum absolute atomic E-state index is 1.09. The van der Waals surface area contributed by atoms with Gasteiger partial charge in [-0.2, -0.15) is 0 Å². The van der Waals surface area contributed by atoms with E-state index in [1.807, 2.05) is 6.07 Å². The Labute approximate surface area is 160 Å². The molecule has 1 aliphatic rings. The number of benzene rings is 3. The first-order valence-electron chi connectivity index (χ1n) is 7.20. The summed E-state index contributed by atoms with van der Waals surface area (Å²) in [6.07, 6.45) is 0. The molecule has 23 heavy (non-hydrogen) atoms. The summed E-state index contributed by atoms with van der Waals surface area (Å²) in [4.78, 5) is 0. The number of hydrogen-bond donors (Lipinski definition) is 0. The summed E-state index contributed by atoms with van der Waals surface area (Å²) in [6.45, 7) is 0. The minimum atomic E-state index is 1.09. The van der Waals surface area contributed by atoms with Crippen LogP contribution in [0, 0.1) is 0 Å². The summed E-state index contributed by atoms with van der Waals surface area (Å²) < 4.78 is 3.30. The van der Waals surface area contributed by atoms with Crippen molar-refractivity contribution in [2.75, 3.05) is 0 Å². The van der Waals surface area contributed by atoms with E-state index in [2.05, 4.69) is 108 Å². The van der Waals surface area contributed by atoms with Gasteiger partial charge in [-0.3, -0.25) is 0 Å². The highest BCUT2D eigenvalue weighted by atomic mass is 79.9. The Morgan fingerprint density at radius 2 is 1.13 bits per heavy atom. The van der Waals surface area contributed by atoms with Crippen molar-refractivity contribution in [3.63, 3.8) is 0 Å². The third kappa shape index (κ3) is 2.65. The van der Waals surface area contributed by atoms with Gasteiger partial charge in [0.2, 0.25) is 0 Å². The largest absolute Gasteiger partial charge is 0.0622 e. The van der Waals surface area contributed by atoms with Gasteiger partial charge in [0.25, 0.3) is 0 Å². The molecule has 0 fully saturated rings. The SMILES string of the molecule is BrC(=C1c2cc(Br)ccc2-c2ccc(Br)cc21)c1ccccc1. The highest BCUT2D eigenvalue weighted by molar-refractivity contribution is 9.15. The fourth-order valence-electron chi connectivity index (χ4n) is 3.03. The lowest BCUT2D eigenvalue weighted by Gasteiger charge is -2.09. The van der Waals surface area contributed by atoms with Crippen molar-refractivity contribution in [1.82, 2.24) is 0 Å². The van der Waals surface area contributed by atoms with Gasteiger partial charge in [-0.1, -0.05) is 74.3 Å². The van der Waals surface area contributed by atoms with Crippen LogP contribution in [0.25, 0.3) is 21.2 Å². The van der Waals surface area contributed by atoms with Crippen LogP contribution < -0.4 is 0 Å². The van der Waals surface area contributed by atoms with Crippen molar-refractivity contribution in [3.05, 3.63) is 92.4 Å². The van der Waals surface area contributed by atoms with Crippen LogP contribution in [0.1, 0.15) is 16.7 Å². The lowest BCUT2D eigenvalue weighted by atomic mass is 10.0. The fraction of sp³-hybridized carbons (Fsp3) is 0. The monoisotopic (exact) mass is 488 g/mol. The van der Waals surface area contributed by atoms with E-state index in [-0.39, 0.29) is 0 Å². The second-order valence-electron chi connectivity index (χ2n) is 5.43. The molecule has 0 nitrogen and oxygen atoms in total. The van der Waals surface area contributed by atoms with Crippen LogP contribution in [-0.2, 0) is 0 Å². The average Bonchev–Trinajstić information content (AvgIpc) is 2.87. The number of fused-ring (bicyclic) bond motifs is 3. The second kappa shape index (κ2) is 6.04. The molecular formula is C20H11Br3. The molecule has 0 atom stereocenters. The zero-order valence-corrected chi connectivity index (χ0v) is 16.7.